The van der Waals surface area contributed by atoms with Crippen molar-refractivity contribution in [2.45, 2.75) is 56.8 Å². The van der Waals surface area contributed by atoms with Gasteiger partial charge in [0.15, 0.2) is 11.6 Å². The van der Waals surface area contributed by atoms with Crippen molar-refractivity contribution in [2.24, 2.45) is 0 Å². The molecule has 3 atom stereocenters. The lowest BCUT2D eigenvalue weighted by atomic mass is 9.82. The zero-order valence-electron chi connectivity index (χ0n) is 12.2. The SMILES string of the molecule is COc1ccc(F)c(F)c1CN1[C@@H]2CCC[C@H]1CC(O)C2. The number of rotatable bonds is 3. The summed E-state index contributed by atoms with van der Waals surface area (Å²) in [6.07, 6.45) is 4.32. The van der Waals surface area contributed by atoms with Crippen molar-refractivity contribution in [2.75, 3.05) is 7.11 Å². The Morgan fingerprint density at radius 2 is 1.90 bits per heavy atom. The second-order valence-corrected chi connectivity index (χ2v) is 6.08. The Labute approximate surface area is 123 Å². The second-order valence-electron chi connectivity index (χ2n) is 6.08. The Bertz CT molecular complexity index is 509. The number of fused-ring (bicyclic) bond motifs is 2. The predicted octanol–water partition coefficient (Wildman–Crippen LogP) is 2.85. The fourth-order valence-electron chi connectivity index (χ4n) is 3.80. The zero-order chi connectivity index (χ0) is 15.0. The molecule has 2 fully saturated rings. The topological polar surface area (TPSA) is 32.7 Å². The van der Waals surface area contributed by atoms with Crippen LogP contribution in [-0.2, 0) is 6.54 Å². The van der Waals surface area contributed by atoms with Crippen molar-refractivity contribution in [1.82, 2.24) is 4.90 Å². The molecule has 1 aromatic carbocycles. The summed E-state index contributed by atoms with van der Waals surface area (Å²) < 4.78 is 32.8. The third-order valence-corrected chi connectivity index (χ3v) is 4.81. The molecule has 2 heterocycles. The molecule has 1 N–H and O–H groups in total. The van der Waals surface area contributed by atoms with E-state index in [1.165, 1.54) is 13.2 Å². The number of piperidine rings is 2. The molecule has 2 aliphatic rings. The van der Waals surface area contributed by atoms with Crippen LogP contribution in [0.1, 0.15) is 37.7 Å². The fraction of sp³-hybridized carbons (Fsp3) is 0.625. The minimum absolute atomic E-state index is 0.250. The molecule has 2 saturated heterocycles. The van der Waals surface area contributed by atoms with E-state index in [-0.39, 0.29) is 23.8 Å². The van der Waals surface area contributed by atoms with Gasteiger partial charge in [-0.05, 0) is 37.8 Å². The fourth-order valence-corrected chi connectivity index (χ4v) is 3.80. The van der Waals surface area contributed by atoms with Gasteiger partial charge in [0, 0.05) is 24.2 Å². The molecule has 0 aromatic heterocycles. The normalized spacial score (nSPS) is 29.4. The largest absolute Gasteiger partial charge is 0.496 e. The summed E-state index contributed by atoms with van der Waals surface area (Å²) in [6, 6.07) is 3.07. The molecule has 5 heteroatoms. The van der Waals surface area contributed by atoms with E-state index in [4.69, 9.17) is 4.74 Å². The summed E-state index contributed by atoms with van der Waals surface area (Å²) in [4.78, 5) is 2.22. The standard InChI is InChI=1S/C16H21F2NO2/c1-21-15-6-5-14(17)16(18)13(15)9-19-10-3-2-4-11(19)8-12(20)7-10/h5-6,10-12,20H,2-4,7-9H2,1H3/t10-,11+,12?. The van der Waals surface area contributed by atoms with Crippen LogP contribution in [0.3, 0.4) is 0 Å². The van der Waals surface area contributed by atoms with Crippen LogP contribution in [0.2, 0.25) is 0 Å². The number of aliphatic hydroxyl groups excluding tert-OH is 1. The maximum Gasteiger partial charge on any atom is 0.167 e. The number of aliphatic hydroxyl groups is 1. The Balaban J connectivity index is 1.88. The summed E-state index contributed by atoms with van der Waals surface area (Å²) in [5.41, 5.74) is 0.283. The van der Waals surface area contributed by atoms with Crippen LogP contribution in [0.5, 0.6) is 5.75 Å². The van der Waals surface area contributed by atoms with Gasteiger partial charge in [-0.15, -0.1) is 0 Å². The lowest BCUT2D eigenvalue weighted by molar-refractivity contribution is -0.0320. The number of hydrogen-bond donors (Lipinski definition) is 1. The van der Waals surface area contributed by atoms with Crippen molar-refractivity contribution >= 4 is 0 Å². The summed E-state index contributed by atoms with van der Waals surface area (Å²) in [5.74, 6) is -1.27. The molecule has 2 aliphatic heterocycles. The van der Waals surface area contributed by atoms with Gasteiger partial charge in [-0.1, -0.05) is 6.42 Å². The lowest BCUT2D eigenvalue weighted by Gasteiger charge is -2.48. The number of nitrogens with zero attached hydrogens (tertiary/aromatic N) is 1. The zero-order valence-corrected chi connectivity index (χ0v) is 12.2. The molecule has 21 heavy (non-hydrogen) atoms. The molecule has 1 aromatic rings. The summed E-state index contributed by atoms with van der Waals surface area (Å²) in [7, 11) is 1.47. The van der Waals surface area contributed by atoms with Gasteiger partial charge in [-0.2, -0.15) is 0 Å². The molecule has 0 radical (unpaired) electrons. The molecule has 0 saturated carbocycles. The molecular weight excluding hydrogens is 276 g/mol. The Morgan fingerprint density at radius 3 is 2.52 bits per heavy atom. The maximum absolute atomic E-state index is 14.1. The van der Waals surface area contributed by atoms with Crippen LogP contribution in [0.4, 0.5) is 8.78 Å². The third-order valence-electron chi connectivity index (χ3n) is 4.81. The maximum atomic E-state index is 14.1. The van der Waals surface area contributed by atoms with E-state index in [0.29, 0.717) is 12.3 Å². The van der Waals surface area contributed by atoms with Crippen molar-refractivity contribution in [3.05, 3.63) is 29.3 Å². The van der Waals surface area contributed by atoms with Crippen LogP contribution in [0, 0.1) is 11.6 Å². The summed E-state index contributed by atoms with van der Waals surface area (Å²) in [5, 5.41) is 9.91. The van der Waals surface area contributed by atoms with Crippen LogP contribution >= 0.6 is 0 Å². The van der Waals surface area contributed by atoms with Crippen LogP contribution in [0.15, 0.2) is 12.1 Å². The average molecular weight is 297 g/mol. The number of methoxy groups -OCH3 is 1. The molecule has 3 rings (SSSR count). The van der Waals surface area contributed by atoms with E-state index in [2.05, 4.69) is 4.90 Å². The Kier molecular flexibility index (Phi) is 4.13. The molecule has 116 valence electrons. The third kappa shape index (κ3) is 2.77. The van der Waals surface area contributed by atoms with Gasteiger partial charge < -0.3 is 9.84 Å². The monoisotopic (exact) mass is 297 g/mol. The van der Waals surface area contributed by atoms with Gasteiger partial charge >= 0.3 is 0 Å². The van der Waals surface area contributed by atoms with Crippen molar-refractivity contribution in [1.29, 1.82) is 0 Å². The van der Waals surface area contributed by atoms with Crippen molar-refractivity contribution < 1.29 is 18.6 Å². The first-order chi connectivity index (χ1) is 10.1. The summed E-state index contributed by atoms with van der Waals surface area (Å²) in [6.45, 7) is 0.342. The first-order valence-corrected chi connectivity index (χ1v) is 7.54. The average Bonchev–Trinajstić information content (AvgIpc) is 2.45. The predicted molar refractivity (Wildman–Crippen MR) is 75.1 cm³/mol. The van der Waals surface area contributed by atoms with Crippen LogP contribution in [0.25, 0.3) is 0 Å². The van der Waals surface area contributed by atoms with Gasteiger partial charge in [0.05, 0.1) is 13.2 Å². The number of ether oxygens (including phenoxy) is 1. The Morgan fingerprint density at radius 1 is 1.24 bits per heavy atom. The first kappa shape index (κ1) is 14.7. The minimum atomic E-state index is -0.840. The van der Waals surface area contributed by atoms with E-state index < -0.39 is 11.6 Å². The number of hydrogen-bond acceptors (Lipinski definition) is 3. The van der Waals surface area contributed by atoms with E-state index >= 15 is 0 Å². The van der Waals surface area contributed by atoms with Crippen molar-refractivity contribution in [3.8, 4) is 5.75 Å². The van der Waals surface area contributed by atoms with E-state index in [0.717, 1.165) is 38.2 Å². The quantitative estimate of drug-likeness (QED) is 0.931. The summed E-state index contributed by atoms with van der Waals surface area (Å²) >= 11 is 0. The smallest absolute Gasteiger partial charge is 0.167 e. The van der Waals surface area contributed by atoms with Gasteiger partial charge in [-0.3, -0.25) is 4.90 Å². The van der Waals surface area contributed by atoms with Crippen LogP contribution < -0.4 is 4.74 Å². The number of halogens is 2. The Hall–Kier alpha value is -1.20. The van der Waals surface area contributed by atoms with Crippen molar-refractivity contribution in [3.63, 3.8) is 0 Å². The van der Waals surface area contributed by atoms with Crippen LogP contribution in [-0.4, -0.2) is 35.3 Å². The molecule has 0 aliphatic carbocycles. The van der Waals surface area contributed by atoms with Gasteiger partial charge in [0.2, 0.25) is 0 Å². The first-order valence-electron chi connectivity index (χ1n) is 7.54. The molecule has 0 amide bonds. The minimum Gasteiger partial charge on any atom is -0.496 e. The van der Waals surface area contributed by atoms with Gasteiger partial charge in [0.1, 0.15) is 5.75 Å². The highest BCUT2D eigenvalue weighted by Crippen LogP contribution is 2.37. The highest BCUT2D eigenvalue weighted by molar-refractivity contribution is 5.35. The molecule has 3 nitrogen and oxygen atoms in total. The molecule has 1 unspecified atom stereocenters. The molecule has 0 spiro atoms. The van der Waals surface area contributed by atoms with E-state index in [1.54, 1.807) is 0 Å². The van der Waals surface area contributed by atoms with Gasteiger partial charge in [0.25, 0.3) is 0 Å². The van der Waals surface area contributed by atoms with E-state index in [9.17, 15) is 13.9 Å². The highest BCUT2D eigenvalue weighted by atomic mass is 19.2. The lowest BCUT2D eigenvalue weighted by Crippen LogP contribution is -2.52. The van der Waals surface area contributed by atoms with E-state index in [1.807, 2.05) is 0 Å². The van der Waals surface area contributed by atoms with Gasteiger partial charge in [-0.25, -0.2) is 8.78 Å². The second kappa shape index (κ2) is 5.89. The highest BCUT2D eigenvalue weighted by Gasteiger charge is 2.38. The number of benzene rings is 1. The molecular formula is C16H21F2NO2. The molecule has 2 bridgehead atoms.